The van der Waals surface area contributed by atoms with Crippen LogP contribution in [0.4, 0.5) is 4.79 Å². The van der Waals surface area contributed by atoms with Crippen molar-refractivity contribution >= 4 is 12.1 Å². The average molecular weight is 447 g/mol. The fraction of sp³-hybridized carbons (Fsp3) is 0.680. The molecule has 0 aromatic heterocycles. The normalized spacial score (nSPS) is 20.2. The number of benzene rings is 1. The number of nitrogens with zero attached hydrogens (tertiary/aromatic N) is 2. The third-order valence-electron chi connectivity index (χ3n) is 5.72. The van der Waals surface area contributed by atoms with Crippen LogP contribution in [0.3, 0.4) is 0 Å². The number of rotatable bonds is 8. The van der Waals surface area contributed by atoms with E-state index in [4.69, 9.17) is 9.47 Å². The largest absolute Gasteiger partial charge is 0.444 e. The Morgan fingerprint density at radius 3 is 2.56 bits per heavy atom. The minimum absolute atomic E-state index is 0.0242. The van der Waals surface area contributed by atoms with Crippen LogP contribution in [0.1, 0.15) is 59.1 Å². The topological polar surface area (TPSA) is 75.2 Å². The van der Waals surface area contributed by atoms with Crippen LogP contribution in [-0.4, -0.2) is 62.4 Å². The van der Waals surface area contributed by atoms with Gasteiger partial charge in [-0.05, 0) is 45.1 Å². The highest BCUT2D eigenvalue weighted by atomic mass is 16.6. The van der Waals surface area contributed by atoms with Gasteiger partial charge in [0.1, 0.15) is 5.60 Å². The van der Waals surface area contributed by atoms with E-state index in [0.29, 0.717) is 11.8 Å². The monoisotopic (exact) mass is 446 g/mol. The Morgan fingerprint density at radius 1 is 1.28 bits per heavy atom. The SMILES string of the molecule is CN=C(NCC1CCOC1c1ccccc1)N(C)CCC(NC(=O)OC(C)(C)C)C(C)C. The zero-order chi connectivity index (χ0) is 23.7. The van der Waals surface area contributed by atoms with Crippen molar-refractivity contribution in [2.45, 2.75) is 65.2 Å². The van der Waals surface area contributed by atoms with Gasteiger partial charge in [0.2, 0.25) is 0 Å². The van der Waals surface area contributed by atoms with E-state index < -0.39 is 5.60 Å². The fourth-order valence-corrected chi connectivity index (χ4v) is 3.93. The summed E-state index contributed by atoms with van der Waals surface area (Å²) in [5.41, 5.74) is 0.726. The molecule has 1 aromatic rings. The molecule has 0 radical (unpaired) electrons. The maximum absolute atomic E-state index is 12.2. The fourth-order valence-electron chi connectivity index (χ4n) is 3.93. The average Bonchev–Trinajstić information content (AvgIpc) is 3.19. The second-order valence-corrected chi connectivity index (χ2v) is 9.89. The number of guanidine groups is 1. The quantitative estimate of drug-likeness (QED) is 0.462. The van der Waals surface area contributed by atoms with Gasteiger partial charge < -0.3 is 25.0 Å². The lowest BCUT2D eigenvalue weighted by Crippen LogP contribution is -2.46. The summed E-state index contributed by atoms with van der Waals surface area (Å²) in [5.74, 6) is 1.55. The van der Waals surface area contributed by atoms with Gasteiger partial charge in [0.15, 0.2) is 5.96 Å². The number of carbonyl (C=O) groups is 1. The number of amides is 1. The zero-order valence-corrected chi connectivity index (χ0v) is 20.9. The van der Waals surface area contributed by atoms with Crippen molar-refractivity contribution in [1.82, 2.24) is 15.5 Å². The maximum atomic E-state index is 12.2. The lowest BCUT2D eigenvalue weighted by Gasteiger charge is -2.29. The maximum Gasteiger partial charge on any atom is 0.407 e. The van der Waals surface area contributed by atoms with Gasteiger partial charge in [-0.1, -0.05) is 44.2 Å². The molecule has 1 fully saturated rings. The van der Waals surface area contributed by atoms with E-state index in [9.17, 15) is 4.79 Å². The number of nitrogens with one attached hydrogen (secondary N) is 2. The molecule has 0 bridgehead atoms. The first-order valence-electron chi connectivity index (χ1n) is 11.7. The predicted octanol–water partition coefficient (Wildman–Crippen LogP) is 4.21. The molecule has 0 spiro atoms. The van der Waals surface area contributed by atoms with Gasteiger partial charge in [-0.15, -0.1) is 0 Å². The smallest absolute Gasteiger partial charge is 0.407 e. The van der Waals surface area contributed by atoms with Gasteiger partial charge in [0.25, 0.3) is 0 Å². The third-order valence-corrected chi connectivity index (χ3v) is 5.72. The molecule has 32 heavy (non-hydrogen) atoms. The van der Waals surface area contributed by atoms with Crippen LogP contribution >= 0.6 is 0 Å². The third kappa shape index (κ3) is 8.34. The molecule has 7 nitrogen and oxygen atoms in total. The highest BCUT2D eigenvalue weighted by Crippen LogP contribution is 2.33. The van der Waals surface area contributed by atoms with Gasteiger partial charge in [-0.3, -0.25) is 4.99 Å². The summed E-state index contributed by atoms with van der Waals surface area (Å²) in [6, 6.07) is 10.4. The second kappa shape index (κ2) is 12.1. The lowest BCUT2D eigenvalue weighted by atomic mass is 9.95. The Hall–Kier alpha value is -2.28. The summed E-state index contributed by atoms with van der Waals surface area (Å²) >= 11 is 0. The Labute approximate surface area is 194 Å². The van der Waals surface area contributed by atoms with Crippen LogP contribution in [0.15, 0.2) is 35.3 Å². The number of aliphatic imine (C=N–C) groups is 1. The van der Waals surface area contributed by atoms with Crippen LogP contribution in [0, 0.1) is 11.8 Å². The van der Waals surface area contributed by atoms with Crippen LogP contribution in [0.2, 0.25) is 0 Å². The van der Waals surface area contributed by atoms with E-state index in [2.05, 4.69) is 58.6 Å². The first kappa shape index (κ1) is 26.0. The van der Waals surface area contributed by atoms with E-state index in [1.165, 1.54) is 5.56 Å². The van der Waals surface area contributed by atoms with Crippen molar-refractivity contribution in [1.29, 1.82) is 0 Å². The van der Waals surface area contributed by atoms with E-state index in [0.717, 1.165) is 38.5 Å². The number of hydrogen-bond donors (Lipinski definition) is 2. The van der Waals surface area contributed by atoms with Crippen molar-refractivity contribution in [3.05, 3.63) is 35.9 Å². The molecule has 2 N–H and O–H groups in total. The van der Waals surface area contributed by atoms with Crippen molar-refractivity contribution in [2.75, 3.05) is 33.8 Å². The van der Waals surface area contributed by atoms with E-state index in [1.54, 1.807) is 7.05 Å². The number of hydrogen-bond acceptors (Lipinski definition) is 4. The first-order chi connectivity index (χ1) is 15.1. The minimum atomic E-state index is -0.504. The molecule has 1 amide bonds. The van der Waals surface area contributed by atoms with Gasteiger partial charge in [-0.25, -0.2) is 4.79 Å². The Kier molecular flexibility index (Phi) is 9.82. The predicted molar refractivity (Wildman–Crippen MR) is 130 cm³/mol. The molecular weight excluding hydrogens is 404 g/mol. The van der Waals surface area contributed by atoms with Crippen molar-refractivity contribution < 1.29 is 14.3 Å². The number of carbonyl (C=O) groups excluding carboxylic acids is 1. The minimum Gasteiger partial charge on any atom is -0.444 e. The summed E-state index contributed by atoms with van der Waals surface area (Å²) in [5, 5.41) is 6.54. The molecule has 0 saturated carbocycles. The Balaban J connectivity index is 1.86. The Morgan fingerprint density at radius 2 is 1.97 bits per heavy atom. The van der Waals surface area contributed by atoms with Crippen LogP contribution in [0.25, 0.3) is 0 Å². The number of alkyl carbamates (subject to hydrolysis) is 1. The van der Waals surface area contributed by atoms with Crippen molar-refractivity contribution in [2.24, 2.45) is 16.8 Å². The van der Waals surface area contributed by atoms with E-state index in [-0.39, 0.29) is 18.2 Å². The molecule has 7 heteroatoms. The van der Waals surface area contributed by atoms with Crippen LogP contribution < -0.4 is 10.6 Å². The van der Waals surface area contributed by atoms with Crippen molar-refractivity contribution in [3.8, 4) is 0 Å². The molecular formula is C25H42N4O3. The molecule has 0 aliphatic carbocycles. The second-order valence-electron chi connectivity index (χ2n) is 9.89. The Bertz CT molecular complexity index is 730. The van der Waals surface area contributed by atoms with Crippen LogP contribution in [-0.2, 0) is 9.47 Å². The van der Waals surface area contributed by atoms with Crippen LogP contribution in [0.5, 0.6) is 0 Å². The van der Waals surface area contributed by atoms with Gasteiger partial charge >= 0.3 is 6.09 Å². The molecule has 1 heterocycles. The lowest BCUT2D eigenvalue weighted by molar-refractivity contribution is 0.0486. The molecule has 2 rings (SSSR count). The molecule has 1 saturated heterocycles. The zero-order valence-electron chi connectivity index (χ0n) is 20.9. The standard InChI is InChI=1S/C25H42N4O3/c1-18(2)21(28-24(30)32-25(3,4)5)13-15-29(7)23(26-6)27-17-20-14-16-31-22(20)19-11-9-8-10-12-19/h8-12,18,20-22H,13-17H2,1-7H3,(H,26,27)(H,28,30). The molecule has 3 unspecified atom stereocenters. The molecule has 180 valence electrons. The van der Waals surface area contributed by atoms with E-state index >= 15 is 0 Å². The molecule has 1 aliphatic heterocycles. The summed E-state index contributed by atoms with van der Waals surface area (Å²) in [7, 11) is 3.83. The summed E-state index contributed by atoms with van der Waals surface area (Å²) < 4.78 is 11.4. The first-order valence-corrected chi connectivity index (χ1v) is 11.7. The molecule has 1 aromatic carbocycles. The van der Waals surface area contributed by atoms with Gasteiger partial charge in [-0.2, -0.15) is 0 Å². The van der Waals surface area contributed by atoms with Crippen molar-refractivity contribution in [3.63, 3.8) is 0 Å². The van der Waals surface area contributed by atoms with Gasteiger partial charge in [0.05, 0.1) is 6.10 Å². The molecule has 3 atom stereocenters. The highest BCUT2D eigenvalue weighted by molar-refractivity contribution is 5.79. The summed E-state index contributed by atoms with van der Waals surface area (Å²) in [6.45, 7) is 12.2. The summed E-state index contributed by atoms with van der Waals surface area (Å²) in [6.07, 6.45) is 1.58. The van der Waals surface area contributed by atoms with Gasteiger partial charge in [0, 0.05) is 45.8 Å². The van der Waals surface area contributed by atoms with E-state index in [1.807, 2.05) is 33.9 Å². The highest BCUT2D eigenvalue weighted by Gasteiger charge is 2.30. The number of ether oxygens (including phenoxy) is 2. The summed E-state index contributed by atoms with van der Waals surface area (Å²) in [4.78, 5) is 18.8. The molecule has 1 aliphatic rings.